The van der Waals surface area contributed by atoms with E-state index in [1.807, 2.05) is 50.0 Å². The molecular weight excluding hydrogens is 334 g/mol. The van der Waals surface area contributed by atoms with Gasteiger partial charge in [0, 0.05) is 30.9 Å². The Morgan fingerprint density at radius 2 is 1.85 bits per heavy atom. The van der Waals surface area contributed by atoms with Crippen molar-refractivity contribution in [2.24, 2.45) is 5.41 Å². The van der Waals surface area contributed by atoms with E-state index in [-0.39, 0.29) is 11.3 Å². The number of rotatable bonds is 7. The molecule has 0 aliphatic carbocycles. The third-order valence-electron chi connectivity index (χ3n) is 5.14. The first kappa shape index (κ1) is 18.9. The van der Waals surface area contributed by atoms with Crippen molar-refractivity contribution in [2.75, 3.05) is 0 Å². The summed E-state index contributed by atoms with van der Waals surface area (Å²) in [7, 11) is 0. The molecular formula is C23H27N3O. The standard InChI is InChI=1S/C23H27N3O/c1-4-23(2,3)22(27)25-15-20-7-5-6-8-21(20)19-11-9-18(10-12-19)16-26-14-13-24-17-26/h5-14,17H,4,15-16H2,1-3H3,(H,25,27). The van der Waals surface area contributed by atoms with E-state index in [0.29, 0.717) is 6.54 Å². The van der Waals surface area contributed by atoms with Crippen LogP contribution < -0.4 is 5.32 Å². The van der Waals surface area contributed by atoms with Crippen molar-refractivity contribution in [3.05, 3.63) is 78.4 Å². The monoisotopic (exact) mass is 361 g/mol. The van der Waals surface area contributed by atoms with Crippen molar-refractivity contribution in [1.29, 1.82) is 0 Å². The maximum absolute atomic E-state index is 12.4. The highest BCUT2D eigenvalue weighted by atomic mass is 16.2. The van der Waals surface area contributed by atoms with Crippen LogP contribution in [0.3, 0.4) is 0 Å². The molecule has 0 aliphatic rings. The molecule has 1 aromatic heterocycles. The fourth-order valence-electron chi connectivity index (χ4n) is 2.91. The summed E-state index contributed by atoms with van der Waals surface area (Å²) in [6.45, 7) is 7.35. The number of hydrogen-bond acceptors (Lipinski definition) is 2. The van der Waals surface area contributed by atoms with Crippen molar-refractivity contribution in [3.8, 4) is 11.1 Å². The lowest BCUT2D eigenvalue weighted by Crippen LogP contribution is -2.36. The molecule has 0 atom stereocenters. The van der Waals surface area contributed by atoms with Crippen LogP contribution in [0.4, 0.5) is 0 Å². The molecule has 1 amide bonds. The molecule has 0 spiro atoms. The minimum atomic E-state index is -0.343. The number of hydrogen-bond donors (Lipinski definition) is 1. The van der Waals surface area contributed by atoms with E-state index in [1.165, 1.54) is 5.56 Å². The normalized spacial score (nSPS) is 11.4. The average molecular weight is 361 g/mol. The number of nitrogens with one attached hydrogen (secondary N) is 1. The number of aromatic nitrogens is 2. The maximum Gasteiger partial charge on any atom is 0.225 e. The number of carbonyl (C=O) groups excluding carboxylic acids is 1. The summed E-state index contributed by atoms with van der Waals surface area (Å²) in [4.78, 5) is 16.5. The quantitative estimate of drug-likeness (QED) is 0.666. The highest BCUT2D eigenvalue weighted by Gasteiger charge is 2.24. The van der Waals surface area contributed by atoms with E-state index < -0.39 is 0 Å². The molecule has 3 rings (SSSR count). The van der Waals surface area contributed by atoms with Gasteiger partial charge in [-0.2, -0.15) is 0 Å². The summed E-state index contributed by atoms with van der Waals surface area (Å²) in [6.07, 6.45) is 6.39. The second-order valence-corrected chi connectivity index (χ2v) is 7.51. The van der Waals surface area contributed by atoms with Crippen LogP contribution in [0.5, 0.6) is 0 Å². The molecule has 1 N–H and O–H groups in total. The Balaban J connectivity index is 1.74. The zero-order valence-electron chi connectivity index (χ0n) is 16.3. The molecule has 0 saturated carbocycles. The van der Waals surface area contributed by atoms with Gasteiger partial charge in [-0.1, -0.05) is 69.3 Å². The van der Waals surface area contributed by atoms with Gasteiger partial charge in [-0.25, -0.2) is 4.98 Å². The van der Waals surface area contributed by atoms with Gasteiger partial charge < -0.3 is 9.88 Å². The fraction of sp³-hybridized carbons (Fsp3) is 0.304. The van der Waals surface area contributed by atoms with Crippen LogP contribution >= 0.6 is 0 Å². The van der Waals surface area contributed by atoms with Crippen molar-refractivity contribution in [2.45, 2.75) is 40.3 Å². The van der Waals surface area contributed by atoms with Gasteiger partial charge in [0.2, 0.25) is 5.91 Å². The Kier molecular flexibility index (Phi) is 5.75. The number of benzene rings is 2. The topological polar surface area (TPSA) is 46.9 Å². The number of amides is 1. The van der Waals surface area contributed by atoms with Crippen LogP contribution in [0.25, 0.3) is 11.1 Å². The Morgan fingerprint density at radius 1 is 1.11 bits per heavy atom. The zero-order chi connectivity index (χ0) is 19.3. The highest BCUT2D eigenvalue weighted by molar-refractivity contribution is 5.82. The summed E-state index contributed by atoms with van der Waals surface area (Å²) >= 11 is 0. The predicted molar refractivity (Wildman–Crippen MR) is 109 cm³/mol. The smallest absolute Gasteiger partial charge is 0.225 e. The molecule has 0 unspecified atom stereocenters. The van der Waals surface area contributed by atoms with Crippen LogP contribution in [-0.4, -0.2) is 15.5 Å². The Bertz CT molecular complexity index is 880. The van der Waals surface area contributed by atoms with Gasteiger partial charge in [0.25, 0.3) is 0 Å². The number of nitrogens with zero attached hydrogens (tertiary/aromatic N) is 2. The Hall–Kier alpha value is -2.88. The minimum Gasteiger partial charge on any atom is -0.352 e. The summed E-state index contributed by atoms with van der Waals surface area (Å²) in [5.41, 5.74) is 4.32. The SMILES string of the molecule is CCC(C)(C)C(=O)NCc1ccccc1-c1ccc(Cn2ccnc2)cc1. The lowest BCUT2D eigenvalue weighted by Gasteiger charge is -2.22. The predicted octanol–water partition coefficient (Wildman–Crippen LogP) is 4.65. The Labute approximate surface area is 161 Å². The zero-order valence-corrected chi connectivity index (χ0v) is 16.3. The molecule has 0 bridgehead atoms. The van der Waals surface area contributed by atoms with E-state index in [1.54, 1.807) is 6.20 Å². The first-order valence-corrected chi connectivity index (χ1v) is 9.41. The second-order valence-electron chi connectivity index (χ2n) is 7.51. The van der Waals surface area contributed by atoms with Crippen molar-refractivity contribution < 1.29 is 4.79 Å². The van der Waals surface area contributed by atoms with E-state index in [2.05, 4.69) is 46.7 Å². The van der Waals surface area contributed by atoms with Gasteiger partial charge in [0.15, 0.2) is 0 Å². The van der Waals surface area contributed by atoms with Gasteiger partial charge >= 0.3 is 0 Å². The first-order valence-electron chi connectivity index (χ1n) is 9.41. The average Bonchev–Trinajstić information content (AvgIpc) is 3.20. The van der Waals surface area contributed by atoms with Crippen molar-refractivity contribution in [3.63, 3.8) is 0 Å². The van der Waals surface area contributed by atoms with Crippen LogP contribution in [0.2, 0.25) is 0 Å². The third-order valence-corrected chi connectivity index (χ3v) is 5.14. The van der Waals surface area contributed by atoms with E-state index in [9.17, 15) is 4.79 Å². The molecule has 0 aliphatic heterocycles. The van der Waals surface area contributed by atoms with E-state index in [0.717, 1.165) is 29.7 Å². The van der Waals surface area contributed by atoms with Gasteiger partial charge in [-0.15, -0.1) is 0 Å². The summed E-state index contributed by atoms with van der Waals surface area (Å²) < 4.78 is 2.05. The van der Waals surface area contributed by atoms with Crippen LogP contribution in [-0.2, 0) is 17.9 Å². The molecule has 0 fully saturated rings. The highest BCUT2D eigenvalue weighted by Crippen LogP contribution is 2.25. The van der Waals surface area contributed by atoms with Crippen LogP contribution in [0, 0.1) is 5.41 Å². The third kappa shape index (κ3) is 4.64. The summed E-state index contributed by atoms with van der Waals surface area (Å²) in [5, 5.41) is 3.09. The van der Waals surface area contributed by atoms with E-state index >= 15 is 0 Å². The first-order chi connectivity index (χ1) is 13.0. The molecule has 27 heavy (non-hydrogen) atoms. The second kappa shape index (κ2) is 8.21. The van der Waals surface area contributed by atoms with Crippen LogP contribution in [0.1, 0.15) is 38.3 Å². The van der Waals surface area contributed by atoms with Gasteiger partial charge in [-0.05, 0) is 28.7 Å². The van der Waals surface area contributed by atoms with Crippen molar-refractivity contribution >= 4 is 5.91 Å². The largest absolute Gasteiger partial charge is 0.352 e. The van der Waals surface area contributed by atoms with Gasteiger partial charge in [0.05, 0.1) is 6.33 Å². The molecule has 2 aromatic carbocycles. The lowest BCUT2D eigenvalue weighted by molar-refractivity contribution is -0.129. The number of carbonyl (C=O) groups is 1. The minimum absolute atomic E-state index is 0.0930. The molecule has 3 aromatic rings. The molecule has 4 nitrogen and oxygen atoms in total. The molecule has 1 heterocycles. The lowest BCUT2D eigenvalue weighted by atomic mass is 9.89. The van der Waals surface area contributed by atoms with Crippen LogP contribution in [0.15, 0.2) is 67.3 Å². The maximum atomic E-state index is 12.4. The number of imidazole rings is 1. The van der Waals surface area contributed by atoms with Crippen molar-refractivity contribution in [1.82, 2.24) is 14.9 Å². The molecule has 0 radical (unpaired) electrons. The van der Waals surface area contributed by atoms with E-state index in [4.69, 9.17) is 0 Å². The van der Waals surface area contributed by atoms with Gasteiger partial charge in [-0.3, -0.25) is 4.79 Å². The molecule has 140 valence electrons. The molecule has 4 heteroatoms. The molecule has 0 saturated heterocycles. The Morgan fingerprint density at radius 3 is 2.52 bits per heavy atom. The summed E-state index contributed by atoms with van der Waals surface area (Å²) in [6, 6.07) is 16.8. The summed E-state index contributed by atoms with van der Waals surface area (Å²) in [5.74, 6) is 0.0930. The van der Waals surface area contributed by atoms with Gasteiger partial charge in [0.1, 0.15) is 0 Å². The fourth-order valence-corrected chi connectivity index (χ4v) is 2.91.